The third kappa shape index (κ3) is 1.10. The highest BCUT2D eigenvalue weighted by atomic mass is 16.1. The molecule has 1 rings (SSSR count). The highest BCUT2D eigenvalue weighted by Crippen LogP contribution is 2.11. The van der Waals surface area contributed by atoms with Crippen molar-refractivity contribution in [3.05, 3.63) is 0 Å². The average molecular weight is 141 g/mol. The molecule has 4 heteroatoms. The summed E-state index contributed by atoms with van der Waals surface area (Å²) >= 11 is 0. The first kappa shape index (κ1) is 7.05. The van der Waals surface area contributed by atoms with Gasteiger partial charge in [-0.05, 0) is 6.92 Å². The SMILES string of the molecule is CC1=NN(C)C(C(N)=O)C1. The molecule has 0 bridgehead atoms. The van der Waals surface area contributed by atoms with Crippen LogP contribution >= 0.6 is 0 Å². The van der Waals surface area contributed by atoms with Crippen LogP contribution in [-0.2, 0) is 4.79 Å². The highest BCUT2D eigenvalue weighted by Gasteiger charge is 2.25. The summed E-state index contributed by atoms with van der Waals surface area (Å²) in [7, 11) is 1.76. The first-order valence-corrected chi connectivity index (χ1v) is 3.17. The molecule has 0 fully saturated rings. The summed E-state index contributed by atoms with van der Waals surface area (Å²) in [6.07, 6.45) is 0.672. The number of hydrogen-bond donors (Lipinski definition) is 1. The Balaban J connectivity index is 2.63. The van der Waals surface area contributed by atoms with Gasteiger partial charge in [-0.2, -0.15) is 5.10 Å². The lowest BCUT2D eigenvalue weighted by molar-refractivity contribution is -0.122. The second kappa shape index (κ2) is 2.28. The normalized spacial score (nSPS) is 24.8. The number of likely N-dealkylation sites (N-methyl/N-ethyl adjacent to an activating group) is 1. The molecule has 1 amide bonds. The Kier molecular flexibility index (Phi) is 1.61. The molecule has 0 spiro atoms. The van der Waals surface area contributed by atoms with Crippen molar-refractivity contribution in [3.8, 4) is 0 Å². The molecule has 56 valence electrons. The molecule has 0 aromatic rings. The molecule has 1 atom stereocenters. The number of carbonyl (C=O) groups excluding carboxylic acids is 1. The Morgan fingerprint density at radius 2 is 2.50 bits per heavy atom. The molecule has 1 aliphatic heterocycles. The minimum atomic E-state index is -0.303. The molecule has 10 heavy (non-hydrogen) atoms. The number of nitrogens with two attached hydrogens (primary N) is 1. The van der Waals surface area contributed by atoms with E-state index in [1.807, 2.05) is 6.92 Å². The molecule has 0 saturated carbocycles. The molecule has 1 aliphatic rings. The number of carbonyl (C=O) groups is 1. The van der Waals surface area contributed by atoms with Crippen molar-refractivity contribution >= 4 is 11.6 Å². The first-order valence-electron chi connectivity index (χ1n) is 3.17. The van der Waals surface area contributed by atoms with E-state index < -0.39 is 0 Å². The molecule has 0 aromatic heterocycles. The Hall–Kier alpha value is -1.06. The quantitative estimate of drug-likeness (QED) is 0.537. The summed E-state index contributed by atoms with van der Waals surface area (Å²) in [5.41, 5.74) is 6.06. The van der Waals surface area contributed by atoms with Crippen molar-refractivity contribution in [1.29, 1.82) is 0 Å². The molecule has 2 N–H and O–H groups in total. The number of hydrazone groups is 1. The zero-order chi connectivity index (χ0) is 7.72. The van der Waals surface area contributed by atoms with Gasteiger partial charge in [0.05, 0.1) is 0 Å². The zero-order valence-corrected chi connectivity index (χ0v) is 6.16. The molecule has 1 unspecified atom stereocenters. The second-order valence-corrected chi connectivity index (χ2v) is 2.53. The number of hydrogen-bond acceptors (Lipinski definition) is 3. The predicted octanol–water partition coefficient (Wildman–Crippen LogP) is -0.448. The lowest BCUT2D eigenvalue weighted by Crippen LogP contribution is -2.36. The molecular weight excluding hydrogens is 130 g/mol. The number of nitrogens with zero attached hydrogens (tertiary/aromatic N) is 2. The average Bonchev–Trinajstić information content (AvgIpc) is 2.10. The van der Waals surface area contributed by atoms with Gasteiger partial charge in [0.1, 0.15) is 6.04 Å². The van der Waals surface area contributed by atoms with Crippen molar-refractivity contribution in [2.75, 3.05) is 7.05 Å². The maximum atomic E-state index is 10.7. The third-order valence-corrected chi connectivity index (χ3v) is 1.60. The van der Waals surface area contributed by atoms with Crippen molar-refractivity contribution in [1.82, 2.24) is 5.01 Å². The fraction of sp³-hybridized carbons (Fsp3) is 0.667. The largest absolute Gasteiger partial charge is 0.368 e. The van der Waals surface area contributed by atoms with Gasteiger partial charge in [0.2, 0.25) is 5.91 Å². The monoisotopic (exact) mass is 141 g/mol. The van der Waals surface area contributed by atoms with E-state index in [9.17, 15) is 4.79 Å². The standard InChI is InChI=1S/C6H11N3O/c1-4-3-5(6(7)10)9(2)8-4/h5H,3H2,1-2H3,(H2,7,10). The summed E-state index contributed by atoms with van der Waals surface area (Å²) in [5.74, 6) is -0.303. The smallest absolute Gasteiger partial charge is 0.242 e. The molecule has 0 radical (unpaired) electrons. The van der Waals surface area contributed by atoms with E-state index in [0.717, 1.165) is 5.71 Å². The topological polar surface area (TPSA) is 58.7 Å². The number of primary amides is 1. The first-order chi connectivity index (χ1) is 4.61. The maximum Gasteiger partial charge on any atom is 0.242 e. The summed E-state index contributed by atoms with van der Waals surface area (Å²) in [5, 5.41) is 5.65. The van der Waals surface area contributed by atoms with Crippen LogP contribution in [0.1, 0.15) is 13.3 Å². The van der Waals surface area contributed by atoms with Crippen molar-refractivity contribution in [2.45, 2.75) is 19.4 Å². The fourth-order valence-corrected chi connectivity index (χ4v) is 1.08. The van der Waals surface area contributed by atoms with E-state index in [0.29, 0.717) is 6.42 Å². The summed E-state index contributed by atoms with van der Waals surface area (Å²) in [6.45, 7) is 1.89. The van der Waals surface area contributed by atoms with Gasteiger partial charge in [-0.25, -0.2) is 0 Å². The van der Waals surface area contributed by atoms with Crippen molar-refractivity contribution in [2.24, 2.45) is 10.8 Å². The van der Waals surface area contributed by atoms with Crippen LogP contribution in [0.5, 0.6) is 0 Å². The van der Waals surface area contributed by atoms with Crippen LogP contribution < -0.4 is 5.73 Å². The van der Waals surface area contributed by atoms with Gasteiger partial charge in [-0.3, -0.25) is 9.80 Å². The van der Waals surface area contributed by atoms with Gasteiger partial charge >= 0.3 is 0 Å². The van der Waals surface area contributed by atoms with E-state index in [-0.39, 0.29) is 11.9 Å². The third-order valence-electron chi connectivity index (χ3n) is 1.60. The van der Waals surface area contributed by atoms with Gasteiger partial charge in [-0.15, -0.1) is 0 Å². The predicted molar refractivity (Wildman–Crippen MR) is 38.5 cm³/mol. The lowest BCUT2D eigenvalue weighted by Gasteiger charge is -2.13. The van der Waals surface area contributed by atoms with Gasteiger partial charge in [0, 0.05) is 19.2 Å². The van der Waals surface area contributed by atoms with Gasteiger partial charge in [0.25, 0.3) is 0 Å². The van der Waals surface area contributed by atoms with Crippen molar-refractivity contribution in [3.63, 3.8) is 0 Å². The van der Waals surface area contributed by atoms with Crippen molar-refractivity contribution < 1.29 is 4.79 Å². The highest BCUT2D eigenvalue weighted by molar-refractivity contribution is 5.91. The molecule has 4 nitrogen and oxygen atoms in total. The minimum Gasteiger partial charge on any atom is -0.368 e. The Morgan fingerprint density at radius 3 is 2.70 bits per heavy atom. The van der Waals surface area contributed by atoms with Gasteiger partial charge in [0.15, 0.2) is 0 Å². The summed E-state index contributed by atoms with van der Waals surface area (Å²) in [6, 6.07) is -0.222. The van der Waals surface area contributed by atoms with Crippen LogP contribution in [0.4, 0.5) is 0 Å². The molecule has 0 saturated heterocycles. The molecule has 0 aromatic carbocycles. The van der Waals surface area contributed by atoms with Crippen LogP contribution in [0.2, 0.25) is 0 Å². The van der Waals surface area contributed by atoms with Gasteiger partial charge in [-0.1, -0.05) is 0 Å². The number of rotatable bonds is 1. The van der Waals surface area contributed by atoms with Crippen LogP contribution in [-0.4, -0.2) is 29.7 Å². The molecular formula is C6H11N3O. The van der Waals surface area contributed by atoms with E-state index >= 15 is 0 Å². The molecule has 0 aliphatic carbocycles. The van der Waals surface area contributed by atoms with Crippen LogP contribution in [0.3, 0.4) is 0 Å². The maximum absolute atomic E-state index is 10.7. The minimum absolute atomic E-state index is 0.222. The molecule has 1 heterocycles. The van der Waals surface area contributed by atoms with Crippen LogP contribution in [0.15, 0.2) is 5.10 Å². The Morgan fingerprint density at radius 1 is 1.90 bits per heavy atom. The van der Waals surface area contributed by atoms with E-state index in [2.05, 4.69) is 5.10 Å². The van der Waals surface area contributed by atoms with E-state index in [1.165, 1.54) is 0 Å². The number of amides is 1. The second-order valence-electron chi connectivity index (χ2n) is 2.53. The van der Waals surface area contributed by atoms with E-state index in [4.69, 9.17) is 5.73 Å². The zero-order valence-electron chi connectivity index (χ0n) is 6.16. The van der Waals surface area contributed by atoms with Crippen LogP contribution in [0.25, 0.3) is 0 Å². The fourth-order valence-electron chi connectivity index (χ4n) is 1.08. The Bertz CT molecular complexity index is 187. The lowest BCUT2D eigenvalue weighted by atomic mass is 10.1. The summed E-state index contributed by atoms with van der Waals surface area (Å²) < 4.78 is 0. The Labute approximate surface area is 59.7 Å². The van der Waals surface area contributed by atoms with E-state index in [1.54, 1.807) is 12.1 Å². The van der Waals surface area contributed by atoms with Gasteiger partial charge < -0.3 is 5.73 Å². The summed E-state index contributed by atoms with van der Waals surface area (Å²) in [4.78, 5) is 10.7. The van der Waals surface area contributed by atoms with Crippen LogP contribution in [0, 0.1) is 0 Å².